The quantitative estimate of drug-likeness (QED) is 0.865. The maximum Gasteiger partial charge on any atom is 0.334 e. The van der Waals surface area contributed by atoms with Crippen molar-refractivity contribution in [1.82, 2.24) is 15.1 Å². The molecule has 1 unspecified atom stereocenters. The molecule has 1 saturated heterocycles. The van der Waals surface area contributed by atoms with Gasteiger partial charge in [-0.1, -0.05) is 23.2 Å². The molecule has 102 valence electrons. The van der Waals surface area contributed by atoms with Crippen molar-refractivity contribution in [3.8, 4) is 0 Å². The van der Waals surface area contributed by atoms with Gasteiger partial charge >= 0.3 is 5.97 Å². The van der Waals surface area contributed by atoms with Gasteiger partial charge in [0.25, 0.3) is 5.91 Å². The first-order valence-electron chi connectivity index (χ1n) is 5.31. The lowest BCUT2D eigenvalue weighted by atomic mass is 10.2. The first kappa shape index (κ1) is 14.0. The smallest absolute Gasteiger partial charge is 0.334 e. The molecule has 1 atom stereocenters. The van der Waals surface area contributed by atoms with Gasteiger partial charge in [0.15, 0.2) is 16.4 Å². The summed E-state index contributed by atoms with van der Waals surface area (Å²) in [6.45, 7) is 0.371. The molecule has 1 fully saturated rings. The largest absolute Gasteiger partial charge is 0.479 e. The highest BCUT2D eigenvalue weighted by Crippen LogP contribution is 2.19. The average molecular weight is 306 g/mol. The zero-order valence-corrected chi connectivity index (χ0v) is 11.1. The highest BCUT2D eigenvalue weighted by molar-refractivity contribution is 6.34. The van der Waals surface area contributed by atoms with Crippen LogP contribution in [0.5, 0.6) is 0 Å². The molecule has 0 radical (unpaired) electrons. The number of nitrogens with zero attached hydrogens (tertiary/aromatic N) is 3. The van der Waals surface area contributed by atoms with E-state index in [-0.39, 0.29) is 35.6 Å². The minimum Gasteiger partial charge on any atom is -0.479 e. The van der Waals surface area contributed by atoms with E-state index < -0.39 is 18.0 Å². The number of carboxylic acids is 1. The van der Waals surface area contributed by atoms with E-state index in [0.717, 1.165) is 0 Å². The predicted molar refractivity (Wildman–Crippen MR) is 65.3 cm³/mol. The van der Waals surface area contributed by atoms with Crippen molar-refractivity contribution in [2.45, 2.75) is 6.10 Å². The van der Waals surface area contributed by atoms with Gasteiger partial charge < -0.3 is 14.7 Å². The van der Waals surface area contributed by atoms with Crippen LogP contribution >= 0.6 is 23.2 Å². The first-order valence-corrected chi connectivity index (χ1v) is 6.07. The van der Waals surface area contributed by atoms with Crippen LogP contribution in [0.25, 0.3) is 0 Å². The molecule has 2 rings (SSSR count). The maximum atomic E-state index is 12.2. The molecule has 0 aromatic carbocycles. The highest BCUT2D eigenvalue weighted by Gasteiger charge is 2.30. The number of aromatic nitrogens is 2. The summed E-state index contributed by atoms with van der Waals surface area (Å²) in [6, 6.07) is 1.30. The van der Waals surface area contributed by atoms with Crippen LogP contribution in [0.15, 0.2) is 6.07 Å². The number of halogens is 2. The van der Waals surface area contributed by atoms with Crippen molar-refractivity contribution >= 4 is 35.1 Å². The molecule has 0 saturated carbocycles. The van der Waals surface area contributed by atoms with Crippen LogP contribution < -0.4 is 0 Å². The highest BCUT2D eigenvalue weighted by atomic mass is 35.5. The van der Waals surface area contributed by atoms with E-state index in [1.54, 1.807) is 0 Å². The Kier molecular flexibility index (Phi) is 4.18. The van der Waals surface area contributed by atoms with Crippen LogP contribution in [-0.2, 0) is 9.53 Å². The Morgan fingerprint density at radius 3 is 2.84 bits per heavy atom. The second kappa shape index (κ2) is 5.68. The van der Waals surface area contributed by atoms with Crippen LogP contribution in [0.4, 0.5) is 0 Å². The molecular weight excluding hydrogens is 297 g/mol. The fourth-order valence-corrected chi connectivity index (χ4v) is 1.98. The second-order valence-corrected chi connectivity index (χ2v) is 4.57. The predicted octanol–water partition coefficient (Wildman–Crippen LogP) is 0.709. The number of ether oxygens (including phenoxy) is 1. The summed E-state index contributed by atoms with van der Waals surface area (Å²) < 4.78 is 5.03. The van der Waals surface area contributed by atoms with Gasteiger partial charge in [0.2, 0.25) is 0 Å². The minimum absolute atomic E-state index is 0.0378. The van der Waals surface area contributed by atoms with Crippen LogP contribution in [0.2, 0.25) is 10.3 Å². The van der Waals surface area contributed by atoms with Gasteiger partial charge in [-0.2, -0.15) is 0 Å². The van der Waals surface area contributed by atoms with Crippen molar-refractivity contribution < 1.29 is 19.4 Å². The molecule has 7 nitrogen and oxygen atoms in total. The number of carbonyl (C=O) groups is 2. The Hall–Kier alpha value is -1.44. The van der Waals surface area contributed by atoms with Gasteiger partial charge in [-0.15, -0.1) is 10.2 Å². The number of amides is 1. The topological polar surface area (TPSA) is 92.6 Å². The number of rotatable bonds is 2. The van der Waals surface area contributed by atoms with Crippen LogP contribution in [0, 0.1) is 0 Å². The lowest BCUT2D eigenvalue weighted by molar-refractivity contribution is -0.154. The molecule has 19 heavy (non-hydrogen) atoms. The van der Waals surface area contributed by atoms with Crippen LogP contribution in [-0.4, -0.2) is 57.9 Å². The second-order valence-electron chi connectivity index (χ2n) is 3.82. The Balaban J connectivity index is 2.19. The molecule has 0 aliphatic carbocycles. The number of morpholine rings is 1. The Bertz CT molecular complexity index is 525. The average Bonchev–Trinajstić information content (AvgIpc) is 2.41. The number of hydrogen-bond acceptors (Lipinski definition) is 5. The molecule has 9 heteroatoms. The third-order valence-electron chi connectivity index (χ3n) is 2.58. The molecule has 1 aromatic heterocycles. The molecule has 1 aliphatic rings. The molecule has 1 aliphatic heterocycles. The normalized spacial score (nSPS) is 19.3. The third kappa shape index (κ3) is 3.12. The van der Waals surface area contributed by atoms with Crippen molar-refractivity contribution in [1.29, 1.82) is 0 Å². The first-order chi connectivity index (χ1) is 8.99. The molecule has 0 spiro atoms. The number of carbonyl (C=O) groups excluding carboxylic acids is 1. The zero-order valence-electron chi connectivity index (χ0n) is 9.55. The summed E-state index contributed by atoms with van der Waals surface area (Å²) in [7, 11) is 0. The van der Waals surface area contributed by atoms with Crippen molar-refractivity contribution in [2.75, 3.05) is 19.7 Å². The Morgan fingerprint density at radius 1 is 1.42 bits per heavy atom. The standard InChI is InChI=1S/C10H9Cl2N3O4/c11-7-3-5(8(12)14-13-7)9(16)15-1-2-19-6(4-15)10(17)18/h3,6H,1-2,4H2,(H,17,18). The molecule has 1 N–H and O–H groups in total. The van der Waals surface area contributed by atoms with E-state index in [9.17, 15) is 9.59 Å². The number of carboxylic acid groups (broad SMARTS) is 1. The van der Waals surface area contributed by atoms with E-state index in [2.05, 4.69) is 10.2 Å². The zero-order chi connectivity index (χ0) is 14.0. The van der Waals surface area contributed by atoms with E-state index in [1.807, 2.05) is 0 Å². The molecule has 0 bridgehead atoms. The minimum atomic E-state index is -1.12. The van der Waals surface area contributed by atoms with Gasteiger partial charge in [-0.3, -0.25) is 4.79 Å². The fourth-order valence-electron chi connectivity index (χ4n) is 1.66. The van der Waals surface area contributed by atoms with E-state index in [0.29, 0.717) is 0 Å². The molecule has 1 aromatic rings. The maximum absolute atomic E-state index is 12.2. The lowest BCUT2D eigenvalue weighted by Crippen LogP contribution is -2.48. The van der Waals surface area contributed by atoms with Crippen molar-refractivity contribution in [3.63, 3.8) is 0 Å². The summed E-state index contributed by atoms with van der Waals surface area (Å²) in [4.78, 5) is 24.4. The van der Waals surface area contributed by atoms with E-state index in [1.165, 1.54) is 11.0 Å². The summed E-state index contributed by atoms with van der Waals surface area (Å²) in [5.74, 6) is -1.56. The Morgan fingerprint density at radius 2 is 2.16 bits per heavy atom. The molecule has 1 amide bonds. The third-order valence-corrected chi connectivity index (χ3v) is 3.04. The molecule has 2 heterocycles. The van der Waals surface area contributed by atoms with Gasteiger partial charge in [0, 0.05) is 6.54 Å². The van der Waals surface area contributed by atoms with Gasteiger partial charge in [0.05, 0.1) is 18.7 Å². The summed E-state index contributed by atoms with van der Waals surface area (Å²) in [5, 5.41) is 15.9. The van der Waals surface area contributed by atoms with E-state index >= 15 is 0 Å². The fraction of sp³-hybridized carbons (Fsp3) is 0.400. The SMILES string of the molecule is O=C(O)C1CN(C(=O)c2cc(Cl)nnc2Cl)CCO1. The summed E-state index contributed by atoms with van der Waals surface area (Å²) in [6.07, 6.45) is -1.04. The van der Waals surface area contributed by atoms with Crippen LogP contribution in [0.1, 0.15) is 10.4 Å². The molecular formula is C10H9Cl2N3O4. The van der Waals surface area contributed by atoms with Crippen molar-refractivity contribution in [3.05, 3.63) is 21.9 Å². The number of hydrogen-bond donors (Lipinski definition) is 1. The monoisotopic (exact) mass is 305 g/mol. The summed E-state index contributed by atoms with van der Waals surface area (Å²) in [5.41, 5.74) is 0.0905. The lowest BCUT2D eigenvalue weighted by Gasteiger charge is -2.30. The van der Waals surface area contributed by atoms with Gasteiger partial charge in [0.1, 0.15) is 0 Å². The summed E-state index contributed by atoms with van der Waals surface area (Å²) >= 11 is 11.4. The number of aliphatic carboxylic acids is 1. The van der Waals surface area contributed by atoms with Crippen LogP contribution in [0.3, 0.4) is 0 Å². The Labute approximate surface area is 118 Å². The van der Waals surface area contributed by atoms with Gasteiger partial charge in [-0.05, 0) is 6.07 Å². The van der Waals surface area contributed by atoms with Gasteiger partial charge in [-0.25, -0.2) is 4.79 Å². The van der Waals surface area contributed by atoms with E-state index in [4.69, 9.17) is 33.0 Å². The van der Waals surface area contributed by atoms with Crippen molar-refractivity contribution in [2.24, 2.45) is 0 Å².